The number of amides is 1. The molecule has 1 aliphatic carbocycles. The molecule has 3 heteroatoms. The van der Waals surface area contributed by atoms with Crippen LogP contribution in [0.15, 0.2) is 0 Å². The fourth-order valence-corrected chi connectivity index (χ4v) is 2.32. The third kappa shape index (κ3) is 1.22. The van der Waals surface area contributed by atoms with E-state index in [2.05, 4.69) is 17.1 Å². The average Bonchev–Trinajstić information content (AvgIpc) is 2.47. The minimum absolute atomic E-state index is 0.123. The van der Waals surface area contributed by atoms with Gasteiger partial charge >= 0.3 is 0 Å². The van der Waals surface area contributed by atoms with Crippen LogP contribution in [0.4, 0.5) is 0 Å². The number of fused-ring (bicyclic) bond motifs is 1. The topological polar surface area (TPSA) is 32.3 Å². The predicted molar refractivity (Wildman–Crippen MR) is 46.7 cm³/mol. The number of hydrogen-bond acceptors (Lipinski definition) is 2. The monoisotopic (exact) mass is 168 g/mol. The lowest BCUT2D eigenvalue weighted by Crippen LogP contribution is -2.33. The molecule has 68 valence electrons. The molecule has 0 aromatic heterocycles. The molecule has 3 nitrogen and oxygen atoms in total. The van der Waals surface area contributed by atoms with Crippen molar-refractivity contribution in [2.45, 2.75) is 19.9 Å². The SMILES string of the molecule is CCN1C[C@@H]2C(NC(C)=O)[C@@H]2C1. The number of carbonyl (C=O) groups is 1. The first-order chi connectivity index (χ1) is 5.72. The lowest BCUT2D eigenvalue weighted by molar-refractivity contribution is -0.119. The van der Waals surface area contributed by atoms with Crippen molar-refractivity contribution in [2.75, 3.05) is 19.6 Å². The largest absolute Gasteiger partial charge is 0.353 e. The van der Waals surface area contributed by atoms with Crippen LogP contribution in [0.2, 0.25) is 0 Å². The Labute approximate surface area is 73.1 Å². The number of carbonyl (C=O) groups excluding carboxylic acids is 1. The first-order valence-corrected chi connectivity index (χ1v) is 4.72. The van der Waals surface area contributed by atoms with E-state index in [1.54, 1.807) is 6.92 Å². The number of nitrogens with one attached hydrogen (secondary N) is 1. The van der Waals surface area contributed by atoms with E-state index >= 15 is 0 Å². The van der Waals surface area contributed by atoms with Gasteiger partial charge in [0.15, 0.2) is 0 Å². The van der Waals surface area contributed by atoms with Crippen molar-refractivity contribution in [1.82, 2.24) is 10.2 Å². The summed E-state index contributed by atoms with van der Waals surface area (Å²) in [5.41, 5.74) is 0. The maximum atomic E-state index is 10.8. The standard InChI is InChI=1S/C9H16N2O/c1-3-11-4-7-8(5-11)9(7)10-6(2)12/h7-9H,3-5H2,1-2H3,(H,10,12)/t7-,8+,9?. The highest BCUT2D eigenvalue weighted by atomic mass is 16.1. The van der Waals surface area contributed by atoms with Gasteiger partial charge in [-0.1, -0.05) is 6.92 Å². The van der Waals surface area contributed by atoms with Crippen LogP contribution in [-0.2, 0) is 4.79 Å². The van der Waals surface area contributed by atoms with Gasteiger partial charge in [-0.3, -0.25) is 4.79 Å². The molecule has 1 amide bonds. The quantitative estimate of drug-likeness (QED) is 0.633. The Kier molecular flexibility index (Phi) is 1.83. The third-order valence-electron chi connectivity index (χ3n) is 3.09. The first kappa shape index (κ1) is 8.05. The van der Waals surface area contributed by atoms with Crippen LogP contribution in [0.3, 0.4) is 0 Å². The predicted octanol–water partition coefficient (Wildman–Crippen LogP) is 0.0726. The molecule has 12 heavy (non-hydrogen) atoms. The van der Waals surface area contributed by atoms with Gasteiger partial charge in [-0.15, -0.1) is 0 Å². The number of rotatable bonds is 2. The molecule has 1 aliphatic heterocycles. The van der Waals surface area contributed by atoms with Gasteiger partial charge in [-0.05, 0) is 18.4 Å². The molecule has 2 rings (SSSR count). The van der Waals surface area contributed by atoms with E-state index in [0.717, 1.165) is 18.4 Å². The molecule has 0 aromatic rings. The molecular weight excluding hydrogens is 152 g/mol. The van der Waals surface area contributed by atoms with E-state index in [1.807, 2.05) is 0 Å². The Hall–Kier alpha value is -0.570. The van der Waals surface area contributed by atoms with Gasteiger partial charge in [0.2, 0.25) is 5.91 Å². The molecule has 0 aromatic carbocycles. The maximum absolute atomic E-state index is 10.8. The van der Waals surface area contributed by atoms with Gasteiger partial charge < -0.3 is 10.2 Å². The Morgan fingerprint density at radius 2 is 2.08 bits per heavy atom. The van der Waals surface area contributed by atoms with Crippen molar-refractivity contribution < 1.29 is 4.79 Å². The van der Waals surface area contributed by atoms with E-state index in [1.165, 1.54) is 13.1 Å². The van der Waals surface area contributed by atoms with Crippen molar-refractivity contribution in [3.8, 4) is 0 Å². The summed E-state index contributed by atoms with van der Waals surface area (Å²) in [5, 5.41) is 3.00. The molecule has 3 atom stereocenters. The molecule has 0 bridgehead atoms. The lowest BCUT2D eigenvalue weighted by Gasteiger charge is -2.16. The Bertz CT molecular complexity index is 193. The lowest BCUT2D eigenvalue weighted by atomic mass is 10.4. The van der Waals surface area contributed by atoms with Crippen LogP contribution >= 0.6 is 0 Å². The number of piperidine rings is 1. The van der Waals surface area contributed by atoms with Crippen LogP contribution in [0.1, 0.15) is 13.8 Å². The Balaban J connectivity index is 1.79. The average molecular weight is 168 g/mol. The second kappa shape index (κ2) is 2.73. The summed E-state index contributed by atoms with van der Waals surface area (Å²) in [6.07, 6.45) is 0. The smallest absolute Gasteiger partial charge is 0.217 e. The van der Waals surface area contributed by atoms with E-state index < -0.39 is 0 Å². The van der Waals surface area contributed by atoms with Gasteiger partial charge in [0.1, 0.15) is 0 Å². The molecule has 1 saturated heterocycles. The summed E-state index contributed by atoms with van der Waals surface area (Å²) in [5.74, 6) is 1.64. The van der Waals surface area contributed by atoms with Crippen LogP contribution in [0, 0.1) is 11.8 Å². The zero-order chi connectivity index (χ0) is 8.72. The van der Waals surface area contributed by atoms with Crippen LogP contribution in [-0.4, -0.2) is 36.5 Å². The highest BCUT2D eigenvalue weighted by Gasteiger charge is 2.55. The van der Waals surface area contributed by atoms with Crippen molar-refractivity contribution in [3.63, 3.8) is 0 Å². The van der Waals surface area contributed by atoms with Gasteiger partial charge in [-0.25, -0.2) is 0 Å². The summed E-state index contributed by atoms with van der Waals surface area (Å²) in [4.78, 5) is 13.2. The molecule has 1 N–H and O–H groups in total. The molecule has 2 aliphatic rings. The molecule has 1 heterocycles. The molecule has 2 fully saturated rings. The minimum atomic E-state index is 0.123. The van der Waals surface area contributed by atoms with Crippen molar-refractivity contribution in [1.29, 1.82) is 0 Å². The number of hydrogen-bond donors (Lipinski definition) is 1. The minimum Gasteiger partial charge on any atom is -0.353 e. The van der Waals surface area contributed by atoms with Gasteiger partial charge in [-0.2, -0.15) is 0 Å². The number of nitrogens with zero attached hydrogens (tertiary/aromatic N) is 1. The Morgan fingerprint density at radius 1 is 1.50 bits per heavy atom. The summed E-state index contributed by atoms with van der Waals surface area (Å²) in [6, 6.07) is 0.505. The summed E-state index contributed by atoms with van der Waals surface area (Å²) in [6.45, 7) is 7.32. The summed E-state index contributed by atoms with van der Waals surface area (Å²) in [7, 11) is 0. The third-order valence-corrected chi connectivity index (χ3v) is 3.09. The van der Waals surface area contributed by atoms with Gasteiger partial charge in [0.25, 0.3) is 0 Å². The van der Waals surface area contributed by atoms with E-state index in [4.69, 9.17) is 0 Å². The van der Waals surface area contributed by atoms with E-state index in [0.29, 0.717) is 6.04 Å². The maximum Gasteiger partial charge on any atom is 0.217 e. The number of likely N-dealkylation sites (tertiary alicyclic amines) is 1. The fraction of sp³-hybridized carbons (Fsp3) is 0.889. The van der Waals surface area contributed by atoms with E-state index in [9.17, 15) is 4.79 Å². The van der Waals surface area contributed by atoms with Crippen molar-refractivity contribution >= 4 is 5.91 Å². The molecule has 0 spiro atoms. The zero-order valence-electron chi connectivity index (χ0n) is 7.71. The van der Waals surface area contributed by atoms with Gasteiger partial charge in [0, 0.05) is 26.1 Å². The molecule has 0 radical (unpaired) electrons. The van der Waals surface area contributed by atoms with Crippen LogP contribution in [0.5, 0.6) is 0 Å². The second-order valence-electron chi connectivity index (χ2n) is 3.91. The van der Waals surface area contributed by atoms with Crippen LogP contribution < -0.4 is 5.32 Å². The Morgan fingerprint density at radius 3 is 2.50 bits per heavy atom. The zero-order valence-corrected chi connectivity index (χ0v) is 7.71. The molecule has 1 unspecified atom stereocenters. The molecular formula is C9H16N2O. The highest BCUT2D eigenvalue weighted by Crippen LogP contribution is 2.45. The van der Waals surface area contributed by atoms with Gasteiger partial charge in [0.05, 0.1) is 0 Å². The summed E-state index contributed by atoms with van der Waals surface area (Å²) >= 11 is 0. The normalized spacial score (nSPS) is 39.3. The van der Waals surface area contributed by atoms with Crippen molar-refractivity contribution in [2.24, 2.45) is 11.8 Å². The fourth-order valence-electron chi connectivity index (χ4n) is 2.32. The molecule has 1 saturated carbocycles. The first-order valence-electron chi connectivity index (χ1n) is 4.72. The summed E-state index contributed by atoms with van der Waals surface area (Å²) < 4.78 is 0. The van der Waals surface area contributed by atoms with Crippen LogP contribution in [0.25, 0.3) is 0 Å². The second-order valence-corrected chi connectivity index (χ2v) is 3.91. The van der Waals surface area contributed by atoms with Crippen molar-refractivity contribution in [3.05, 3.63) is 0 Å². The van der Waals surface area contributed by atoms with E-state index in [-0.39, 0.29) is 5.91 Å². The highest BCUT2D eigenvalue weighted by molar-refractivity contribution is 5.73.